The third-order valence-corrected chi connectivity index (χ3v) is 3.19. The molecule has 7 heteroatoms. The van der Waals surface area contributed by atoms with E-state index in [-0.39, 0.29) is 0 Å². The Labute approximate surface area is 122 Å². The fourth-order valence-electron chi connectivity index (χ4n) is 1.89. The molecular weight excluding hydrogens is 275 g/mol. The average molecular weight is 292 g/mol. The highest BCUT2D eigenvalue weighted by molar-refractivity contribution is 6.39. The van der Waals surface area contributed by atoms with Crippen LogP contribution in [-0.4, -0.2) is 42.6 Å². The Morgan fingerprint density at radius 3 is 2.38 bits per heavy atom. The number of nitrogens with one attached hydrogen (secondary N) is 2. The van der Waals surface area contributed by atoms with Crippen LogP contribution in [0, 0.1) is 5.82 Å². The lowest BCUT2D eigenvalue weighted by molar-refractivity contribution is -0.136. The predicted octanol–water partition coefficient (Wildman–Crippen LogP) is 0.962. The van der Waals surface area contributed by atoms with E-state index in [0.29, 0.717) is 5.69 Å². The van der Waals surface area contributed by atoms with Crippen molar-refractivity contribution in [2.45, 2.75) is 12.8 Å². The standard InChI is InChI=1S/C14H17FN4O2/c1-19-8-6-12(7-9-19)17-18-14(21)13(20)16-11-4-2-10(15)3-5-11/h2-5H,6-9H2,1H3,(H,16,20)(H,18,21). The molecule has 21 heavy (non-hydrogen) atoms. The van der Waals surface area contributed by atoms with Crippen LogP contribution in [0.3, 0.4) is 0 Å². The normalized spacial score (nSPS) is 15.4. The molecule has 0 atom stereocenters. The smallest absolute Gasteiger partial charge is 0.318 e. The number of piperidine rings is 1. The quantitative estimate of drug-likeness (QED) is 0.630. The molecule has 0 saturated carbocycles. The van der Waals surface area contributed by atoms with Gasteiger partial charge in [0.15, 0.2) is 0 Å². The van der Waals surface area contributed by atoms with Crippen molar-refractivity contribution in [1.82, 2.24) is 10.3 Å². The second kappa shape index (κ2) is 6.94. The van der Waals surface area contributed by atoms with E-state index in [2.05, 4.69) is 20.7 Å². The molecule has 0 radical (unpaired) electrons. The monoisotopic (exact) mass is 292 g/mol. The summed E-state index contributed by atoms with van der Waals surface area (Å²) >= 11 is 0. The van der Waals surface area contributed by atoms with Crippen LogP contribution >= 0.6 is 0 Å². The molecule has 2 N–H and O–H groups in total. The van der Waals surface area contributed by atoms with Crippen LogP contribution in [0.25, 0.3) is 0 Å². The Balaban J connectivity index is 1.84. The number of halogens is 1. The van der Waals surface area contributed by atoms with Gasteiger partial charge in [-0.15, -0.1) is 0 Å². The third kappa shape index (κ3) is 4.64. The molecule has 112 valence electrons. The Kier molecular flexibility index (Phi) is 4.99. The van der Waals surface area contributed by atoms with Gasteiger partial charge < -0.3 is 10.2 Å². The van der Waals surface area contributed by atoms with Crippen LogP contribution in [-0.2, 0) is 9.59 Å². The molecule has 0 aromatic heterocycles. The second-order valence-corrected chi connectivity index (χ2v) is 4.88. The number of likely N-dealkylation sites (tertiary alicyclic amines) is 1. The maximum atomic E-state index is 12.7. The highest BCUT2D eigenvalue weighted by Crippen LogP contribution is 2.08. The molecule has 0 unspecified atom stereocenters. The molecule has 2 amide bonds. The van der Waals surface area contributed by atoms with Crippen LogP contribution in [0.15, 0.2) is 29.4 Å². The summed E-state index contributed by atoms with van der Waals surface area (Å²) in [6, 6.07) is 5.16. The molecule has 0 aliphatic carbocycles. The summed E-state index contributed by atoms with van der Waals surface area (Å²) in [7, 11) is 2.02. The van der Waals surface area contributed by atoms with E-state index >= 15 is 0 Å². The first-order valence-electron chi connectivity index (χ1n) is 6.65. The molecule has 1 fully saturated rings. The van der Waals surface area contributed by atoms with Gasteiger partial charge in [0.05, 0.1) is 0 Å². The topological polar surface area (TPSA) is 73.8 Å². The van der Waals surface area contributed by atoms with Gasteiger partial charge in [0.25, 0.3) is 0 Å². The van der Waals surface area contributed by atoms with E-state index in [1.54, 1.807) is 0 Å². The molecule has 2 rings (SSSR count). The van der Waals surface area contributed by atoms with Crippen molar-refractivity contribution in [3.63, 3.8) is 0 Å². The summed E-state index contributed by atoms with van der Waals surface area (Å²) in [5.41, 5.74) is 3.46. The van der Waals surface area contributed by atoms with Crippen molar-refractivity contribution in [3.05, 3.63) is 30.1 Å². The zero-order valence-electron chi connectivity index (χ0n) is 11.7. The first kappa shape index (κ1) is 15.1. The van der Waals surface area contributed by atoms with Gasteiger partial charge in [0.1, 0.15) is 5.82 Å². The number of carbonyl (C=O) groups excluding carboxylic acids is 2. The Bertz CT molecular complexity index is 547. The van der Waals surface area contributed by atoms with Crippen molar-refractivity contribution in [1.29, 1.82) is 0 Å². The number of nitrogens with zero attached hydrogens (tertiary/aromatic N) is 2. The summed E-state index contributed by atoms with van der Waals surface area (Å²) in [5, 5.41) is 6.33. The number of rotatable bonds is 2. The minimum absolute atomic E-state index is 0.350. The van der Waals surface area contributed by atoms with Gasteiger partial charge in [-0.25, -0.2) is 9.82 Å². The van der Waals surface area contributed by atoms with Gasteiger partial charge in [-0.3, -0.25) is 9.59 Å². The van der Waals surface area contributed by atoms with E-state index in [1.807, 2.05) is 7.05 Å². The van der Waals surface area contributed by atoms with Crippen LogP contribution in [0.4, 0.5) is 10.1 Å². The molecule has 6 nitrogen and oxygen atoms in total. The van der Waals surface area contributed by atoms with Crippen LogP contribution in [0.1, 0.15) is 12.8 Å². The van der Waals surface area contributed by atoms with Crippen LogP contribution in [0.5, 0.6) is 0 Å². The molecule has 1 aromatic rings. The largest absolute Gasteiger partial charge is 0.329 e. The summed E-state index contributed by atoms with van der Waals surface area (Å²) in [5.74, 6) is -2.09. The number of amides is 2. The lowest BCUT2D eigenvalue weighted by atomic mass is 10.1. The highest BCUT2D eigenvalue weighted by atomic mass is 19.1. The van der Waals surface area contributed by atoms with Gasteiger partial charge in [-0.2, -0.15) is 5.10 Å². The molecule has 0 bridgehead atoms. The van der Waals surface area contributed by atoms with Crippen LogP contribution in [0.2, 0.25) is 0 Å². The summed E-state index contributed by atoms with van der Waals surface area (Å²) < 4.78 is 12.7. The third-order valence-electron chi connectivity index (χ3n) is 3.19. The number of hydrazone groups is 1. The Morgan fingerprint density at radius 1 is 1.14 bits per heavy atom. The predicted molar refractivity (Wildman–Crippen MR) is 77.3 cm³/mol. The highest BCUT2D eigenvalue weighted by Gasteiger charge is 2.15. The first-order chi connectivity index (χ1) is 10.0. The molecule has 1 aromatic carbocycles. The van der Waals surface area contributed by atoms with E-state index in [4.69, 9.17) is 0 Å². The van der Waals surface area contributed by atoms with Crippen molar-refractivity contribution >= 4 is 23.2 Å². The Hall–Kier alpha value is -2.28. The lowest BCUT2D eigenvalue weighted by Gasteiger charge is -2.22. The van der Waals surface area contributed by atoms with Crippen LogP contribution < -0.4 is 10.7 Å². The van der Waals surface area contributed by atoms with Crippen molar-refractivity contribution in [2.24, 2.45) is 5.10 Å². The van der Waals surface area contributed by atoms with Crippen molar-refractivity contribution in [2.75, 3.05) is 25.5 Å². The zero-order valence-corrected chi connectivity index (χ0v) is 11.7. The fraction of sp³-hybridized carbons (Fsp3) is 0.357. The van der Waals surface area contributed by atoms with E-state index in [1.165, 1.54) is 24.3 Å². The zero-order chi connectivity index (χ0) is 15.2. The van der Waals surface area contributed by atoms with E-state index < -0.39 is 17.6 Å². The van der Waals surface area contributed by atoms with Gasteiger partial charge in [0, 0.05) is 37.3 Å². The molecule has 1 aliphatic rings. The minimum Gasteiger partial charge on any atom is -0.318 e. The summed E-state index contributed by atoms with van der Waals surface area (Å²) in [6.07, 6.45) is 1.55. The maximum absolute atomic E-state index is 12.7. The molecular formula is C14H17FN4O2. The van der Waals surface area contributed by atoms with Gasteiger partial charge in [0.2, 0.25) is 0 Å². The lowest BCUT2D eigenvalue weighted by Crippen LogP contribution is -2.35. The summed E-state index contributed by atoms with van der Waals surface area (Å²) in [6.45, 7) is 1.77. The number of benzene rings is 1. The van der Waals surface area contributed by atoms with E-state index in [0.717, 1.165) is 31.6 Å². The first-order valence-corrected chi connectivity index (χ1v) is 6.65. The van der Waals surface area contributed by atoms with Gasteiger partial charge in [-0.05, 0) is 31.3 Å². The molecule has 1 saturated heterocycles. The minimum atomic E-state index is -0.842. The van der Waals surface area contributed by atoms with Gasteiger partial charge in [-0.1, -0.05) is 0 Å². The SMILES string of the molecule is CN1CCC(=NNC(=O)C(=O)Nc2ccc(F)cc2)CC1. The molecule has 1 aliphatic heterocycles. The number of hydrogen-bond acceptors (Lipinski definition) is 4. The number of carbonyl (C=O) groups is 2. The fourth-order valence-corrected chi connectivity index (χ4v) is 1.89. The molecule has 0 spiro atoms. The molecule has 1 heterocycles. The Morgan fingerprint density at radius 2 is 1.76 bits per heavy atom. The van der Waals surface area contributed by atoms with Crippen molar-refractivity contribution < 1.29 is 14.0 Å². The van der Waals surface area contributed by atoms with E-state index in [9.17, 15) is 14.0 Å². The summed E-state index contributed by atoms with van der Waals surface area (Å²) in [4.78, 5) is 25.4. The average Bonchev–Trinajstić information content (AvgIpc) is 2.48. The van der Waals surface area contributed by atoms with Crippen molar-refractivity contribution in [3.8, 4) is 0 Å². The second-order valence-electron chi connectivity index (χ2n) is 4.88. The number of hydrogen-bond donors (Lipinski definition) is 2. The van der Waals surface area contributed by atoms with Gasteiger partial charge >= 0.3 is 11.8 Å². The maximum Gasteiger partial charge on any atom is 0.329 e. The number of anilines is 1.